The number of anilines is 1. The van der Waals surface area contributed by atoms with Gasteiger partial charge in [0.15, 0.2) is 6.61 Å². The highest BCUT2D eigenvalue weighted by molar-refractivity contribution is 6.33. The van der Waals surface area contributed by atoms with Crippen LogP contribution in [0.2, 0.25) is 5.02 Å². The highest BCUT2D eigenvalue weighted by Gasteiger charge is 2.13. The quantitative estimate of drug-likeness (QED) is 0.829. The topological polar surface area (TPSA) is 75.6 Å². The van der Waals surface area contributed by atoms with E-state index in [2.05, 4.69) is 26.1 Å². The van der Waals surface area contributed by atoms with E-state index in [9.17, 15) is 9.59 Å². The number of carbonyl (C=O) groups excluding carboxylic acids is 1. The molecule has 6 heteroatoms. The molecule has 0 saturated carbocycles. The number of carboxylic acids is 1. The zero-order valence-electron chi connectivity index (χ0n) is 14.3. The highest BCUT2D eigenvalue weighted by atomic mass is 35.5. The lowest BCUT2D eigenvalue weighted by molar-refractivity contribution is -0.118. The molecule has 0 radical (unpaired) electrons. The molecule has 2 rings (SSSR count). The number of halogens is 1. The number of benzene rings is 2. The number of hydrogen-bond acceptors (Lipinski definition) is 3. The third kappa shape index (κ3) is 5.22. The molecule has 0 aliphatic carbocycles. The Bertz CT molecular complexity index is 779. The summed E-state index contributed by atoms with van der Waals surface area (Å²) in [5, 5.41) is 11.6. The average Bonchev–Trinajstić information content (AvgIpc) is 2.52. The van der Waals surface area contributed by atoms with E-state index < -0.39 is 5.97 Å². The molecular formula is C19H20ClNO4. The summed E-state index contributed by atoms with van der Waals surface area (Å²) in [7, 11) is 0. The molecule has 0 heterocycles. The minimum Gasteiger partial charge on any atom is -0.484 e. The third-order valence-electron chi connectivity index (χ3n) is 3.57. The lowest BCUT2D eigenvalue weighted by Crippen LogP contribution is -2.20. The van der Waals surface area contributed by atoms with Gasteiger partial charge in [0, 0.05) is 5.69 Å². The first-order valence-corrected chi connectivity index (χ1v) is 8.10. The first-order valence-electron chi connectivity index (χ1n) is 7.73. The van der Waals surface area contributed by atoms with E-state index in [0.29, 0.717) is 11.4 Å². The van der Waals surface area contributed by atoms with E-state index in [1.807, 2.05) is 24.3 Å². The van der Waals surface area contributed by atoms with E-state index >= 15 is 0 Å². The number of ether oxygens (including phenoxy) is 1. The maximum absolute atomic E-state index is 11.9. The van der Waals surface area contributed by atoms with Crippen LogP contribution in [0.5, 0.6) is 5.75 Å². The number of carbonyl (C=O) groups is 2. The number of amides is 1. The molecule has 0 aliphatic rings. The average molecular weight is 362 g/mol. The SMILES string of the molecule is CC(C)(C)c1ccc(OCC(=O)Nc2ccc(C(=O)O)c(Cl)c2)cc1. The van der Waals surface area contributed by atoms with Crippen LogP contribution >= 0.6 is 11.6 Å². The summed E-state index contributed by atoms with van der Waals surface area (Å²) >= 11 is 5.87. The van der Waals surface area contributed by atoms with Crippen LogP contribution in [-0.4, -0.2) is 23.6 Å². The van der Waals surface area contributed by atoms with Crippen molar-refractivity contribution in [3.63, 3.8) is 0 Å². The van der Waals surface area contributed by atoms with Crippen LogP contribution < -0.4 is 10.1 Å². The predicted octanol–water partition coefficient (Wildman–Crippen LogP) is 4.35. The van der Waals surface area contributed by atoms with Crippen LogP contribution in [0.25, 0.3) is 0 Å². The van der Waals surface area contributed by atoms with E-state index in [1.165, 1.54) is 23.8 Å². The van der Waals surface area contributed by atoms with Gasteiger partial charge in [0.25, 0.3) is 5.91 Å². The Balaban J connectivity index is 1.92. The summed E-state index contributed by atoms with van der Waals surface area (Å²) < 4.78 is 5.46. The molecule has 1 amide bonds. The molecular weight excluding hydrogens is 342 g/mol. The van der Waals surface area contributed by atoms with Crippen molar-refractivity contribution in [3.8, 4) is 5.75 Å². The van der Waals surface area contributed by atoms with Gasteiger partial charge in [-0.1, -0.05) is 44.5 Å². The number of nitrogens with one attached hydrogen (secondary N) is 1. The minimum atomic E-state index is -1.12. The first kappa shape index (κ1) is 18.8. The molecule has 0 aromatic heterocycles. The van der Waals surface area contributed by atoms with Gasteiger partial charge >= 0.3 is 5.97 Å². The summed E-state index contributed by atoms with van der Waals surface area (Å²) in [6.45, 7) is 6.21. The number of hydrogen-bond donors (Lipinski definition) is 2. The Morgan fingerprint density at radius 1 is 1.12 bits per heavy atom. The van der Waals surface area contributed by atoms with E-state index in [1.54, 1.807) is 0 Å². The molecule has 0 bridgehead atoms. The normalized spacial score (nSPS) is 11.0. The van der Waals surface area contributed by atoms with Crippen LogP contribution in [0.1, 0.15) is 36.7 Å². The van der Waals surface area contributed by atoms with Gasteiger partial charge in [-0.3, -0.25) is 4.79 Å². The molecule has 0 spiro atoms. The van der Waals surface area contributed by atoms with Gasteiger partial charge in [0.2, 0.25) is 0 Å². The van der Waals surface area contributed by atoms with Crippen LogP contribution in [0.4, 0.5) is 5.69 Å². The molecule has 2 aromatic carbocycles. The zero-order chi connectivity index (χ0) is 18.6. The highest BCUT2D eigenvalue weighted by Crippen LogP contribution is 2.24. The smallest absolute Gasteiger partial charge is 0.337 e. The fourth-order valence-electron chi connectivity index (χ4n) is 2.16. The standard InChI is InChI=1S/C19H20ClNO4/c1-19(2,3)12-4-7-14(8-5-12)25-11-17(22)21-13-6-9-15(18(23)24)16(20)10-13/h4-10H,11H2,1-3H3,(H,21,22)(H,23,24). The van der Waals surface area contributed by atoms with Crippen molar-refractivity contribution in [2.75, 3.05) is 11.9 Å². The summed E-state index contributed by atoms with van der Waals surface area (Å²) in [6, 6.07) is 11.8. The van der Waals surface area contributed by atoms with Crippen LogP contribution in [0.3, 0.4) is 0 Å². The maximum Gasteiger partial charge on any atom is 0.337 e. The fourth-order valence-corrected chi connectivity index (χ4v) is 2.42. The van der Waals surface area contributed by atoms with E-state index in [4.69, 9.17) is 21.4 Å². The second-order valence-electron chi connectivity index (χ2n) is 6.61. The lowest BCUT2D eigenvalue weighted by atomic mass is 9.87. The van der Waals surface area contributed by atoms with Gasteiger partial charge in [0.05, 0.1) is 10.6 Å². The molecule has 25 heavy (non-hydrogen) atoms. The third-order valence-corrected chi connectivity index (χ3v) is 3.89. The monoisotopic (exact) mass is 361 g/mol. The van der Waals surface area contributed by atoms with Crippen LogP contribution in [0.15, 0.2) is 42.5 Å². The van der Waals surface area contributed by atoms with Crippen molar-refractivity contribution in [2.45, 2.75) is 26.2 Å². The van der Waals surface area contributed by atoms with E-state index in [-0.39, 0.29) is 28.5 Å². The molecule has 0 atom stereocenters. The number of carboxylic acid groups (broad SMARTS) is 1. The molecule has 5 nitrogen and oxygen atoms in total. The van der Waals surface area contributed by atoms with Gasteiger partial charge in [0.1, 0.15) is 5.75 Å². The van der Waals surface area contributed by atoms with Crippen LogP contribution in [-0.2, 0) is 10.2 Å². The van der Waals surface area contributed by atoms with Gasteiger partial charge in [-0.15, -0.1) is 0 Å². The van der Waals surface area contributed by atoms with Crippen molar-refractivity contribution in [1.29, 1.82) is 0 Å². The first-order chi connectivity index (χ1) is 11.7. The Labute approximate surface area is 151 Å². The van der Waals surface area contributed by atoms with Gasteiger partial charge in [-0.05, 0) is 41.3 Å². The fraction of sp³-hybridized carbons (Fsp3) is 0.263. The maximum atomic E-state index is 11.9. The second-order valence-corrected chi connectivity index (χ2v) is 7.02. The van der Waals surface area contributed by atoms with Crippen LogP contribution in [0, 0.1) is 0 Å². The van der Waals surface area contributed by atoms with Crippen molar-refractivity contribution in [2.24, 2.45) is 0 Å². The molecule has 132 valence electrons. The molecule has 2 N–H and O–H groups in total. The zero-order valence-corrected chi connectivity index (χ0v) is 15.1. The van der Waals surface area contributed by atoms with Crippen molar-refractivity contribution >= 4 is 29.2 Å². The Morgan fingerprint density at radius 3 is 2.28 bits per heavy atom. The molecule has 0 saturated heterocycles. The van der Waals surface area contributed by atoms with E-state index in [0.717, 1.165) is 0 Å². The van der Waals surface area contributed by atoms with Crippen molar-refractivity contribution in [1.82, 2.24) is 0 Å². The second kappa shape index (κ2) is 7.57. The van der Waals surface area contributed by atoms with Gasteiger partial charge < -0.3 is 15.2 Å². The summed E-state index contributed by atoms with van der Waals surface area (Å²) in [6.07, 6.45) is 0. The molecule has 0 aliphatic heterocycles. The molecule has 2 aromatic rings. The summed E-state index contributed by atoms with van der Waals surface area (Å²) in [4.78, 5) is 22.9. The Morgan fingerprint density at radius 2 is 1.76 bits per heavy atom. The van der Waals surface area contributed by atoms with Crippen molar-refractivity contribution in [3.05, 3.63) is 58.6 Å². The van der Waals surface area contributed by atoms with Gasteiger partial charge in [-0.2, -0.15) is 0 Å². The predicted molar refractivity (Wildman–Crippen MR) is 97.7 cm³/mol. The van der Waals surface area contributed by atoms with Crippen molar-refractivity contribution < 1.29 is 19.4 Å². The summed E-state index contributed by atoms with van der Waals surface area (Å²) in [5.74, 6) is -0.883. The Kier molecular flexibility index (Phi) is 5.69. The minimum absolute atomic E-state index is 0.0187. The Hall–Kier alpha value is -2.53. The lowest BCUT2D eigenvalue weighted by Gasteiger charge is -2.19. The number of rotatable bonds is 5. The van der Waals surface area contributed by atoms with Gasteiger partial charge in [-0.25, -0.2) is 4.79 Å². The number of aromatic carboxylic acids is 1. The summed E-state index contributed by atoms with van der Waals surface area (Å²) in [5.41, 5.74) is 1.62. The molecule has 0 fully saturated rings. The largest absolute Gasteiger partial charge is 0.484 e. The molecule has 0 unspecified atom stereocenters.